The molecule has 0 amide bonds. The molecule has 0 aliphatic carbocycles. The zero-order chi connectivity index (χ0) is 13.1. The summed E-state index contributed by atoms with van der Waals surface area (Å²) in [4.78, 5) is 4.38. The first kappa shape index (κ1) is 14.1. The number of ether oxygens (including phenoxy) is 1. The molecule has 2 aliphatic heterocycles. The lowest BCUT2D eigenvalue weighted by Gasteiger charge is -2.32. The number of amidine groups is 1. The van der Waals surface area contributed by atoms with E-state index in [4.69, 9.17) is 4.74 Å². The van der Waals surface area contributed by atoms with Gasteiger partial charge in [0.25, 0.3) is 0 Å². The van der Waals surface area contributed by atoms with Crippen molar-refractivity contribution in [3.8, 4) is 0 Å². The first-order chi connectivity index (χ1) is 8.49. The van der Waals surface area contributed by atoms with E-state index in [1.54, 1.807) is 11.8 Å². The molecule has 0 aromatic rings. The zero-order valence-corrected chi connectivity index (χ0v) is 12.1. The summed E-state index contributed by atoms with van der Waals surface area (Å²) in [5.41, 5.74) is 0.145. The van der Waals surface area contributed by atoms with Crippen LogP contribution in [0.15, 0.2) is 4.99 Å². The predicted octanol–water partition coefficient (Wildman–Crippen LogP) is -0.223. The number of hydrogen-bond donors (Lipinski definition) is 2. The van der Waals surface area contributed by atoms with Gasteiger partial charge in [-0.2, -0.15) is 0 Å². The smallest absolute Gasteiger partial charge is 0.208 e. The van der Waals surface area contributed by atoms with Crippen molar-refractivity contribution < 1.29 is 13.2 Å². The summed E-state index contributed by atoms with van der Waals surface area (Å²) >= 11 is 1.71. The molecular weight excluding hydrogens is 274 g/mol. The fourth-order valence-electron chi connectivity index (χ4n) is 2.01. The topological polar surface area (TPSA) is 79.8 Å². The fraction of sp³-hybridized carbons (Fsp3) is 0.900. The molecule has 104 valence electrons. The van der Waals surface area contributed by atoms with Crippen molar-refractivity contribution in [2.75, 3.05) is 38.3 Å². The molecule has 2 N–H and O–H groups in total. The summed E-state index contributed by atoms with van der Waals surface area (Å²) in [6, 6.07) is 0. The minimum absolute atomic E-state index is 0.145. The van der Waals surface area contributed by atoms with E-state index in [0.29, 0.717) is 13.1 Å². The highest BCUT2D eigenvalue weighted by molar-refractivity contribution is 8.14. The highest BCUT2D eigenvalue weighted by Crippen LogP contribution is 2.31. The minimum Gasteiger partial charge on any atom is -0.381 e. The SMILES string of the molecule is CS(=O)(=O)NCCN=C1NC2(CCOCC2)CS1. The van der Waals surface area contributed by atoms with Gasteiger partial charge >= 0.3 is 0 Å². The third-order valence-electron chi connectivity index (χ3n) is 3.04. The molecule has 1 spiro atoms. The maximum Gasteiger partial charge on any atom is 0.208 e. The lowest BCUT2D eigenvalue weighted by atomic mass is 9.93. The van der Waals surface area contributed by atoms with Gasteiger partial charge in [-0.05, 0) is 12.8 Å². The van der Waals surface area contributed by atoms with E-state index in [1.807, 2.05) is 0 Å². The van der Waals surface area contributed by atoms with Crippen molar-refractivity contribution in [3.63, 3.8) is 0 Å². The maximum absolute atomic E-state index is 10.9. The number of sulfonamides is 1. The maximum atomic E-state index is 10.9. The summed E-state index contributed by atoms with van der Waals surface area (Å²) in [6.45, 7) is 2.42. The van der Waals surface area contributed by atoms with Gasteiger partial charge < -0.3 is 10.1 Å². The zero-order valence-electron chi connectivity index (χ0n) is 10.4. The number of hydrogen-bond acceptors (Lipinski definition) is 5. The van der Waals surface area contributed by atoms with E-state index < -0.39 is 10.0 Å². The lowest BCUT2D eigenvalue weighted by molar-refractivity contribution is 0.0555. The minimum atomic E-state index is -3.11. The number of nitrogens with one attached hydrogen (secondary N) is 2. The first-order valence-electron chi connectivity index (χ1n) is 5.97. The molecule has 2 rings (SSSR count). The number of nitrogens with zero attached hydrogens (tertiary/aromatic N) is 1. The summed E-state index contributed by atoms with van der Waals surface area (Å²) in [7, 11) is -3.11. The molecule has 2 fully saturated rings. The Balaban J connectivity index is 1.77. The quantitative estimate of drug-likeness (QED) is 0.700. The molecule has 0 atom stereocenters. The van der Waals surface area contributed by atoms with Crippen molar-refractivity contribution in [1.29, 1.82) is 0 Å². The van der Waals surface area contributed by atoms with Crippen LogP contribution in [0.1, 0.15) is 12.8 Å². The molecule has 8 heteroatoms. The molecule has 0 saturated carbocycles. The van der Waals surface area contributed by atoms with E-state index >= 15 is 0 Å². The highest BCUT2D eigenvalue weighted by Gasteiger charge is 2.38. The second-order valence-corrected chi connectivity index (χ2v) is 7.46. The molecule has 0 unspecified atom stereocenters. The number of rotatable bonds is 4. The van der Waals surface area contributed by atoms with Gasteiger partial charge in [-0.25, -0.2) is 13.1 Å². The van der Waals surface area contributed by atoms with Crippen molar-refractivity contribution in [2.24, 2.45) is 4.99 Å². The van der Waals surface area contributed by atoms with Gasteiger partial charge in [0.05, 0.1) is 18.3 Å². The fourth-order valence-corrected chi connectivity index (χ4v) is 3.72. The molecule has 6 nitrogen and oxygen atoms in total. The van der Waals surface area contributed by atoms with Gasteiger partial charge in [0.15, 0.2) is 5.17 Å². The van der Waals surface area contributed by atoms with Gasteiger partial charge in [-0.1, -0.05) is 11.8 Å². The van der Waals surface area contributed by atoms with Crippen LogP contribution in [0.2, 0.25) is 0 Å². The van der Waals surface area contributed by atoms with Crippen LogP contribution in [0, 0.1) is 0 Å². The molecule has 0 bridgehead atoms. The molecule has 2 aliphatic rings. The third-order valence-corrected chi connectivity index (χ3v) is 4.97. The molecule has 0 aromatic heterocycles. The van der Waals surface area contributed by atoms with Crippen molar-refractivity contribution in [2.45, 2.75) is 18.4 Å². The standard InChI is InChI=1S/C10H19N3O3S2/c1-18(14,15)12-5-4-11-9-13-10(8-17-9)2-6-16-7-3-10/h12H,2-8H2,1H3,(H,11,13). The van der Waals surface area contributed by atoms with Crippen molar-refractivity contribution >= 4 is 27.0 Å². The summed E-state index contributed by atoms with van der Waals surface area (Å²) in [5, 5.41) is 4.38. The van der Waals surface area contributed by atoms with Crippen LogP contribution >= 0.6 is 11.8 Å². The van der Waals surface area contributed by atoms with Crippen LogP contribution in [-0.4, -0.2) is 57.4 Å². The predicted molar refractivity (Wildman–Crippen MR) is 73.5 cm³/mol. The van der Waals surface area contributed by atoms with Crippen LogP contribution in [0.5, 0.6) is 0 Å². The largest absolute Gasteiger partial charge is 0.381 e. The molecule has 2 heterocycles. The molecule has 0 aromatic carbocycles. The Bertz CT molecular complexity index is 416. The van der Waals surface area contributed by atoms with E-state index in [-0.39, 0.29) is 5.54 Å². The average molecular weight is 293 g/mol. The Morgan fingerprint density at radius 2 is 2.22 bits per heavy atom. The summed E-state index contributed by atoms with van der Waals surface area (Å²) in [5.74, 6) is 1.02. The Morgan fingerprint density at radius 1 is 1.50 bits per heavy atom. The second-order valence-electron chi connectivity index (χ2n) is 4.66. The Kier molecular flexibility index (Phi) is 4.52. The van der Waals surface area contributed by atoms with Crippen molar-refractivity contribution in [3.05, 3.63) is 0 Å². The van der Waals surface area contributed by atoms with Crippen LogP contribution < -0.4 is 10.0 Å². The first-order valence-corrected chi connectivity index (χ1v) is 8.85. The lowest BCUT2D eigenvalue weighted by Crippen LogP contribution is -2.48. The van der Waals surface area contributed by atoms with Crippen LogP contribution in [0.3, 0.4) is 0 Å². The second kappa shape index (κ2) is 5.77. The Morgan fingerprint density at radius 3 is 2.89 bits per heavy atom. The molecule has 0 radical (unpaired) electrons. The van der Waals surface area contributed by atoms with E-state index in [9.17, 15) is 8.42 Å². The van der Waals surface area contributed by atoms with Crippen LogP contribution in [0.25, 0.3) is 0 Å². The highest BCUT2D eigenvalue weighted by atomic mass is 32.2. The van der Waals surface area contributed by atoms with Gasteiger partial charge in [0, 0.05) is 25.5 Å². The summed E-state index contributed by atoms with van der Waals surface area (Å²) < 4.78 is 29.5. The third kappa shape index (κ3) is 4.11. The van der Waals surface area contributed by atoms with E-state index in [0.717, 1.165) is 43.2 Å². The van der Waals surface area contributed by atoms with E-state index in [1.165, 1.54) is 0 Å². The monoisotopic (exact) mass is 293 g/mol. The molecular formula is C10H19N3O3S2. The van der Waals surface area contributed by atoms with Crippen LogP contribution in [0.4, 0.5) is 0 Å². The van der Waals surface area contributed by atoms with Gasteiger partial charge in [0.1, 0.15) is 0 Å². The van der Waals surface area contributed by atoms with E-state index in [2.05, 4.69) is 15.0 Å². The van der Waals surface area contributed by atoms with Gasteiger partial charge in [-0.15, -0.1) is 0 Å². The van der Waals surface area contributed by atoms with Gasteiger partial charge in [0.2, 0.25) is 10.0 Å². The number of aliphatic imine (C=N–C) groups is 1. The Labute approximate surface area is 112 Å². The number of thioether (sulfide) groups is 1. The molecule has 18 heavy (non-hydrogen) atoms. The summed E-state index contributed by atoms with van der Waals surface area (Å²) in [6.07, 6.45) is 3.18. The van der Waals surface area contributed by atoms with Crippen molar-refractivity contribution in [1.82, 2.24) is 10.0 Å². The van der Waals surface area contributed by atoms with Gasteiger partial charge in [-0.3, -0.25) is 4.99 Å². The van der Waals surface area contributed by atoms with Crippen LogP contribution in [-0.2, 0) is 14.8 Å². The molecule has 2 saturated heterocycles. The average Bonchev–Trinajstić information content (AvgIpc) is 2.68. The normalized spacial score (nSPS) is 25.5. The Hall–Kier alpha value is -0.310.